The Labute approximate surface area is 115 Å². The minimum atomic E-state index is -0.656. The summed E-state index contributed by atoms with van der Waals surface area (Å²) in [6.45, 7) is 6.30. The van der Waals surface area contributed by atoms with E-state index in [1.165, 1.54) is 10.8 Å². The number of ether oxygens (including phenoxy) is 1. The molecule has 1 aromatic heterocycles. The highest BCUT2D eigenvalue weighted by Crippen LogP contribution is 2.27. The third kappa shape index (κ3) is 3.06. The van der Waals surface area contributed by atoms with Crippen molar-refractivity contribution in [3.63, 3.8) is 0 Å². The van der Waals surface area contributed by atoms with Gasteiger partial charge in [-0.3, -0.25) is 14.3 Å². The number of hydrogen-bond donors (Lipinski definition) is 3. The molecule has 1 fully saturated rings. The lowest BCUT2D eigenvalue weighted by molar-refractivity contribution is -0.0188. The number of aromatic nitrogens is 2. The Bertz CT molecular complexity index is 592. The molecule has 7 nitrogen and oxygen atoms in total. The Morgan fingerprint density at radius 1 is 1.65 bits per heavy atom. The maximum absolute atomic E-state index is 11.8. The normalized spacial score (nSPS) is 25.8. The first-order valence-electron chi connectivity index (χ1n) is 6.50. The highest BCUT2D eigenvalue weighted by molar-refractivity contribution is 5.02. The van der Waals surface area contributed by atoms with Crippen molar-refractivity contribution in [2.75, 3.05) is 13.1 Å². The lowest BCUT2D eigenvalue weighted by Gasteiger charge is -2.16. The maximum atomic E-state index is 11.8. The van der Waals surface area contributed by atoms with E-state index in [2.05, 4.69) is 16.9 Å². The van der Waals surface area contributed by atoms with Crippen molar-refractivity contribution < 1.29 is 9.84 Å². The van der Waals surface area contributed by atoms with Crippen LogP contribution in [-0.4, -0.2) is 40.0 Å². The fraction of sp³-hybridized carbons (Fsp3) is 0.538. The molecule has 110 valence electrons. The number of rotatable bonds is 5. The van der Waals surface area contributed by atoms with Crippen molar-refractivity contribution in [1.82, 2.24) is 14.9 Å². The molecule has 2 heterocycles. The summed E-state index contributed by atoms with van der Waals surface area (Å²) in [5, 5.41) is 13.0. The van der Waals surface area contributed by atoms with E-state index >= 15 is 0 Å². The zero-order valence-corrected chi connectivity index (χ0v) is 11.3. The zero-order chi connectivity index (χ0) is 14.7. The number of aryl methyl sites for hydroxylation is 1. The number of aromatic amines is 1. The van der Waals surface area contributed by atoms with E-state index in [9.17, 15) is 14.7 Å². The largest absolute Gasteiger partial charge is 0.390 e. The molecule has 2 rings (SSSR count). The summed E-state index contributed by atoms with van der Waals surface area (Å²) in [7, 11) is 0. The van der Waals surface area contributed by atoms with Gasteiger partial charge in [-0.1, -0.05) is 6.08 Å². The van der Waals surface area contributed by atoms with Crippen LogP contribution in [0, 0.1) is 6.92 Å². The molecular formula is C13H19N3O4. The lowest BCUT2D eigenvalue weighted by atomic mass is 10.2. The van der Waals surface area contributed by atoms with Gasteiger partial charge in [-0.2, -0.15) is 0 Å². The van der Waals surface area contributed by atoms with Crippen molar-refractivity contribution in [2.45, 2.75) is 31.8 Å². The fourth-order valence-corrected chi connectivity index (χ4v) is 2.20. The quantitative estimate of drug-likeness (QED) is 0.488. The van der Waals surface area contributed by atoms with E-state index in [4.69, 9.17) is 4.74 Å². The van der Waals surface area contributed by atoms with Gasteiger partial charge >= 0.3 is 5.69 Å². The summed E-state index contributed by atoms with van der Waals surface area (Å²) in [5.41, 5.74) is -0.512. The minimum absolute atomic E-state index is 0.311. The summed E-state index contributed by atoms with van der Waals surface area (Å²) < 4.78 is 6.99. The molecule has 7 heteroatoms. The molecule has 0 bridgehead atoms. The second kappa shape index (κ2) is 6.17. The van der Waals surface area contributed by atoms with Crippen LogP contribution in [0.25, 0.3) is 0 Å². The third-order valence-electron chi connectivity index (χ3n) is 3.29. The van der Waals surface area contributed by atoms with Crippen LogP contribution in [0.15, 0.2) is 28.4 Å². The number of nitrogens with zero attached hydrogens (tertiary/aromatic N) is 1. The van der Waals surface area contributed by atoms with Crippen LogP contribution < -0.4 is 16.6 Å². The van der Waals surface area contributed by atoms with Crippen molar-refractivity contribution in [2.24, 2.45) is 0 Å². The van der Waals surface area contributed by atoms with Crippen LogP contribution in [0.4, 0.5) is 0 Å². The van der Waals surface area contributed by atoms with Gasteiger partial charge in [0.2, 0.25) is 0 Å². The molecule has 1 aliphatic heterocycles. The molecular weight excluding hydrogens is 262 g/mol. The standard InChI is InChI=1S/C13H19N3O4/c1-3-4-14-6-10-9(17)5-11(20-10)16-7-8(2)12(18)15-13(16)19/h3,7,9-11,14,17H,1,4-6H2,2H3,(H,15,18,19)/t9-,10+,11+/m0/s1. The average molecular weight is 281 g/mol. The minimum Gasteiger partial charge on any atom is -0.390 e. The van der Waals surface area contributed by atoms with Gasteiger partial charge in [-0.05, 0) is 6.92 Å². The van der Waals surface area contributed by atoms with E-state index in [1.807, 2.05) is 0 Å². The Balaban J connectivity index is 2.12. The fourth-order valence-electron chi connectivity index (χ4n) is 2.20. The number of aliphatic hydroxyl groups excluding tert-OH is 1. The van der Waals surface area contributed by atoms with E-state index in [1.54, 1.807) is 13.0 Å². The number of H-pyrrole nitrogens is 1. The van der Waals surface area contributed by atoms with Gasteiger partial charge in [0.1, 0.15) is 6.23 Å². The Kier molecular flexibility index (Phi) is 4.53. The molecule has 0 unspecified atom stereocenters. The molecule has 1 aromatic rings. The molecule has 1 aliphatic rings. The molecule has 0 aromatic carbocycles. The Morgan fingerprint density at radius 3 is 3.10 bits per heavy atom. The molecule has 20 heavy (non-hydrogen) atoms. The molecule has 0 amide bonds. The van der Waals surface area contributed by atoms with Gasteiger partial charge < -0.3 is 15.2 Å². The Hall–Kier alpha value is -1.70. The smallest absolute Gasteiger partial charge is 0.330 e. The van der Waals surface area contributed by atoms with Crippen LogP contribution >= 0.6 is 0 Å². The summed E-state index contributed by atoms with van der Waals surface area (Å²) in [6, 6.07) is 0. The second-order valence-electron chi connectivity index (χ2n) is 4.86. The first kappa shape index (κ1) is 14.7. The predicted octanol–water partition coefficient (Wildman–Crippen LogP) is -0.731. The topological polar surface area (TPSA) is 96.4 Å². The molecule has 3 N–H and O–H groups in total. The Morgan fingerprint density at radius 2 is 2.40 bits per heavy atom. The van der Waals surface area contributed by atoms with Crippen molar-refractivity contribution >= 4 is 0 Å². The number of hydrogen-bond acceptors (Lipinski definition) is 5. The lowest BCUT2D eigenvalue weighted by Crippen LogP contribution is -2.35. The van der Waals surface area contributed by atoms with Gasteiger partial charge in [0.15, 0.2) is 0 Å². The van der Waals surface area contributed by atoms with Crippen LogP contribution in [0.1, 0.15) is 18.2 Å². The van der Waals surface area contributed by atoms with Crippen LogP contribution in [0.5, 0.6) is 0 Å². The molecule has 0 radical (unpaired) electrons. The molecule has 3 atom stereocenters. The first-order chi connectivity index (χ1) is 9.52. The molecule has 0 saturated carbocycles. The summed E-state index contributed by atoms with van der Waals surface area (Å²) in [6.07, 6.45) is 1.87. The zero-order valence-electron chi connectivity index (χ0n) is 11.3. The van der Waals surface area contributed by atoms with Crippen molar-refractivity contribution in [3.05, 3.63) is 45.3 Å². The molecule has 0 aliphatic carbocycles. The predicted molar refractivity (Wildman–Crippen MR) is 73.7 cm³/mol. The van der Waals surface area contributed by atoms with E-state index < -0.39 is 23.6 Å². The second-order valence-corrected chi connectivity index (χ2v) is 4.86. The van der Waals surface area contributed by atoms with Crippen LogP contribution in [-0.2, 0) is 4.74 Å². The number of aliphatic hydroxyl groups is 1. The number of nitrogens with one attached hydrogen (secondary N) is 2. The van der Waals surface area contributed by atoms with Gasteiger partial charge in [0, 0.05) is 31.3 Å². The monoisotopic (exact) mass is 281 g/mol. The van der Waals surface area contributed by atoms with Gasteiger partial charge in [0.25, 0.3) is 5.56 Å². The highest BCUT2D eigenvalue weighted by Gasteiger charge is 2.35. The molecule has 1 saturated heterocycles. The van der Waals surface area contributed by atoms with Crippen LogP contribution in [0.3, 0.4) is 0 Å². The van der Waals surface area contributed by atoms with Crippen molar-refractivity contribution in [3.8, 4) is 0 Å². The van der Waals surface area contributed by atoms with Gasteiger partial charge in [0.05, 0.1) is 12.2 Å². The first-order valence-corrected chi connectivity index (χ1v) is 6.50. The van der Waals surface area contributed by atoms with Crippen molar-refractivity contribution in [1.29, 1.82) is 0 Å². The summed E-state index contributed by atoms with van der Waals surface area (Å²) in [4.78, 5) is 25.3. The van der Waals surface area contributed by atoms with Gasteiger partial charge in [-0.15, -0.1) is 6.58 Å². The SMILES string of the molecule is C=CCNC[C@H]1O[C@@H](n2cc(C)c(=O)[nH]c2=O)C[C@@H]1O. The third-order valence-corrected chi connectivity index (χ3v) is 3.29. The average Bonchev–Trinajstić information content (AvgIpc) is 2.76. The van der Waals surface area contributed by atoms with E-state index in [-0.39, 0.29) is 6.10 Å². The maximum Gasteiger partial charge on any atom is 0.330 e. The van der Waals surface area contributed by atoms with Gasteiger partial charge in [-0.25, -0.2) is 4.79 Å². The highest BCUT2D eigenvalue weighted by atomic mass is 16.5. The van der Waals surface area contributed by atoms with E-state index in [0.29, 0.717) is 25.1 Å². The summed E-state index contributed by atoms with van der Waals surface area (Å²) in [5.74, 6) is 0. The summed E-state index contributed by atoms with van der Waals surface area (Å²) >= 11 is 0. The van der Waals surface area contributed by atoms with Crippen LogP contribution in [0.2, 0.25) is 0 Å². The molecule has 0 spiro atoms. The van der Waals surface area contributed by atoms with E-state index in [0.717, 1.165) is 0 Å².